The molecule has 1 rings (SSSR count). The van der Waals surface area contributed by atoms with Crippen LogP contribution in [-0.2, 0) is 4.74 Å². The van der Waals surface area contributed by atoms with Crippen LogP contribution in [-0.4, -0.2) is 11.6 Å². The predicted molar refractivity (Wildman–Crippen MR) is 54.7 cm³/mol. The molecule has 0 atom stereocenters. The number of hydrogen-bond acceptors (Lipinski definition) is 2. The van der Waals surface area contributed by atoms with Gasteiger partial charge in [0.15, 0.2) is 5.60 Å². The number of halogens is 2. The minimum Gasteiger partial charge on any atom is -0.443 e. The van der Waals surface area contributed by atoms with Crippen molar-refractivity contribution in [2.75, 3.05) is 0 Å². The molecular weight excluding hydrogens is 214 g/mol. The zero-order chi connectivity index (χ0) is 12.3. The van der Waals surface area contributed by atoms with Gasteiger partial charge in [0.2, 0.25) is 0 Å². The average Bonchev–Trinajstić information content (AvgIpc) is 2.16. The SMILES string of the molecule is C#CC(C)(C)OC(=O)c1ccc(F)cc1F. The standard InChI is InChI=1S/C12H10F2O2/c1-4-12(2,3)16-11(15)9-6-5-8(13)7-10(9)14/h1,5-7H,2-3H3. The summed E-state index contributed by atoms with van der Waals surface area (Å²) in [5, 5.41) is 0. The van der Waals surface area contributed by atoms with Gasteiger partial charge in [0.05, 0.1) is 5.56 Å². The Labute approximate surface area is 92.2 Å². The van der Waals surface area contributed by atoms with E-state index in [0.29, 0.717) is 6.07 Å². The van der Waals surface area contributed by atoms with E-state index in [0.717, 1.165) is 12.1 Å². The summed E-state index contributed by atoms with van der Waals surface area (Å²) < 4.78 is 30.6. The number of rotatable bonds is 2. The highest BCUT2D eigenvalue weighted by Crippen LogP contribution is 2.15. The fourth-order valence-corrected chi connectivity index (χ4v) is 0.971. The topological polar surface area (TPSA) is 26.3 Å². The predicted octanol–water partition coefficient (Wildman–Crippen LogP) is 2.53. The Kier molecular flexibility index (Phi) is 3.28. The fraction of sp³-hybridized carbons (Fsp3) is 0.250. The van der Waals surface area contributed by atoms with Crippen LogP contribution in [0.5, 0.6) is 0 Å². The zero-order valence-electron chi connectivity index (χ0n) is 8.88. The van der Waals surface area contributed by atoms with Gasteiger partial charge >= 0.3 is 5.97 Å². The van der Waals surface area contributed by atoms with Gasteiger partial charge < -0.3 is 4.74 Å². The van der Waals surface area contributed by atoms with Crippen molar-refractivity contribution in [2.45, 2.75) is 19.4 Å². The highest BCUT2D eigenvalue weighted by atomic mass is 19.1. The summed E-state index contributed by atoms with van der Waals surface area (Å²) in [4.78, 5) is 11.5. The van der Waals surface area contributed by atoms with E-state index in [1.54, 1.807) is 0 Å². The van der Waals surface area contributed by atoms with Crippen LogP contribution in [0, 0.1) is 24.0 Å². The van der Waals surface area contributed by atoms with Crippen molar-refractivity contribution in [1.29, 1.82) is 0 Å². The molecule has 0 amide bonds. The third-order valence-corrected chi connectivity index (χ3v) is 1.85. The lowest BCUT2D eigenvalue weighted by atomic mass is 10.1. The summed E-state index contributed by atoms with van der Waals surface area (Å²) in [6, 6.07) is 2.60. The maximum absolute atomic E-state index is 13.2. The summed E-state index contributed by atoms with van der Waals surface area (Å²) in [6.45, 7) is 2.98. The van der Waals surface area contributed by atoms with Crippen LogP contribution in [0.1, 0.15) is 24.2 Å². The Bertz CT molecular complexity index is 459. The zero-order valence-corrected chi connectivity index (χ0v) is 8.88. The van der Waals surface area contributed by atoms with Crippen LogP contribution in [0.25, 0.3) is 0 Å². The number of benzene rings is 1. The van der Waals surface area contributed by atoms with Gasteiger partial charge in [-0.2, -0.15) is 0 Å². The second-order valence-electron chi connectivity index (χ2n) is 3.67. The van der Waals surface area contributed by atoms with E-state index < -0.39 is 23.2 Å². The summed E-state index contributed by atoms with van der Waals surface area (Å²) in [5.74, 6) is -0.416. The molecule has 0 unspecified atom stereocenters. The first-order chi connectivity index (χ1) is 7.35. The molecule has 1 aromatic rings. The van der Waals surface area contributed by atoms with Crippen molar-refractivity contribution in [3.63, 3.8) is 0 Å². The van der Waals surface area contributed by atoms with Crippen molar-refractivity contribution in [3.05, 3.63) is 35.4 Å². The Balaban J connectivity index is 2.95. The Morgan fingerprint density at radius 2 is 2.06 bits per heavy atom. The molecule has 0 aliphatic rings. The van der Waals surface area contributed by atoms with Gasteiger partial charge in [-0.25, -0.2) is 13.6 Å². The van der Waals surface area contributed by atoms with Crippen LogP contribution in [0.15, 0.2) is 18.2 Å². The molecule has 0 radical (unpaired) electrons. The Morgan fingerprint density at radius 1 is 1.44 bits per heavy atom. The van der Waals surface area contributed by atoms with Crippen molar-refractivity contribution < 1.29 is 18.3 Å². The minimum atomic E-state index is -1.13. The maximum Gasteiger partial charge on any atom is 0.342 e. The highest BCUT2D eigenvalue weighted by Gasteiger charge is 2.22. The van der Waals surface area contributed by atoms with Crippen LogP contribution < -0.4 is 0 Å². The van der Waals surface area contributed by atoms with E-state index in [1.807, 2.05) is 0 Å². The van der Waals surface area contributed by atoms with E-state index >= 15 is 0 Å². The molecule has 0 fully saturated rings. The maximum atomic E-state index is 13.2. The normalized spacial score (nSPS) is 10.7. The molecule has 0 aliphatic carbocycles. The van der Waals surface area contributed by atoms with E-state index in [4.69, 9.17) is 11.2 Å². The summed E-state index contributed by atoms with van der Waals surface area (Å²) in [6.07, 6.45) is 5.11. The largest absolute Gasteiger partial charge is 0.443 e. The number of terminal acetylenes is 1. The average molecular weight is 224 g/mol. The van der Waals surface area contributed by atoms with Gasteiger partial charge in [0.25, 0.3) is 0 Å². The molecule has 1 aromatic carbocycles. The first-order valence-corrected chi connectivity index (χ1v) is 4.52. The number of carbonyl (C=O) groups excluding carboxylic acids is 1. The number of ether oxygens (including phenoxy) is 1. The monoisotopic (exact) mass is 224 g/mol. The molecular formula is C12H10F2O2. The van der Waals surface area contributed by atoms with E-state index in [9.17, 15) is 13.6 Å². The van der Waals surface area contributed by atoms with Crippen LogP contribution in [0.4, 0.5) is 8.78 Å². The molecule has 16 heavy (non-hydrogen) atoms. The molecule has 4 heteroatoms. The lowest BCUT2D eigenvalue weighted by molar-refractivity contribution is 0.0199. The summed E-state index contributed by atoms with van der Waals surface area (Å²) in [5.41, 5.74) is -1.47. The molecule has 0 spiro atoms. The number of esters is 1. The van der Waals surface area contributed by atoms with Crippen molar-refractivity contribution in [1.82, 2.24) is 0 Å². The van der Waals surface area contributed by atoms with E-state index in [-0.39, 0.29) is 5.56 Å². The first-order valence-electron chi connectivity index (χ1n) is 4.52. The second kappa shape index (κ2) is 4.31. The van der Waals surface area contributed by atoms with Crippen LogP contribution >= 0.6 is 0 Å². The number of carbonyl (C=O) groups is 1. The summed E-state index contributed by atoms with van der Waals surface area (Å²) >= 11 is 0. The van der Waals surface area contributed by atoms with Gasteiger partial charge in [-0.1, -0.05) is 5.92 Å². The molecule has 0 saturated carbocycles. The van der Waals surface area contributed by atoms with Gasteiger partial charge in [0, 0.05) is 6.07 Å². The van der Waals surface area contributed by atoms with Gasteiger partial charge in [0.1, 0.15) is 11.6 Å². The van der Waals surface area contributed by atoms with E-state index in [1.165, 1.54) is 13.8 Å². The third kappa shape index (κ3) is 2.80. The van der Waals surface area contributed by atoms with E-state index in [2.05, 4.69) is 5.92 Å². The van der Waals surface area contributed by atoms with Crippen LogP contribution in [0.2, 0.25) is 0 Å². The molecule has 0 aromatic heterocycles. The molecule has 0 bridgehead atoms. The molecule has 84 valence electrons. The van der Waals surface area contributed by atoms with Gasteiger partial charge in [-0.15, -0.1) is 6.42 Å². The van der Waals surface area contributed by atoms with Crippen molar-refractivity contribution in [2.24, 2.45) is 0 Å². The van der Waals surface area contributed by atoms with Gasteiger partial charge in [-0.3, -0.25) is 0 Å². The molecule has 0 saturated heterocycles. The molecule has 0 aliphatic heterocycles. The lowest BCUT2D eigenvalue weighted by Crippen LogP contribution is -2.26. The van der Waals surface area contributed by atoms with Crippen LogP contribution in [0.3, 0.4) is 0 Å². The first kappa shape index (κ1) is 12.2. The molecule has 2 nitrogen and oxygen atoms in total. The quantitative estimate of drug-likeness (QED) is 0.570. The summed E-state index contributed by atoms with van der Waals surface area (Å²) in [7, 11) is 0. The third-order valence-electron chi connectivity index (χ3n) is 1.85. The molecule has 0 N–H and O–H groups in total. The van der Waals surface area contributed by atoms with Crippen molar-refractivity contribution >= 4 is 5.97 Å². The van der Waals surface area contributed by atoms with Gasteiger partial charge in [-0.05, 0) is 26.0 Å². The number of hydrogen-bond donors (Lipinski definition) is 0. The van der Waals surface area contributed by atoms with Crippen molar-refractivity contribution in [3.8, 4) is 12.3 Å². The smallest absolute Gasteiger partial charge is 0.342 e. The second-order valence-corrected chi connectivity index (χ2v) is 3.67. The molecule has 0 heterocycles. The Hall–Kier alpha value is -1.89. The highest BCUT2D eigenvalue weighted by molar-refractivity contribution is 5.90. The Morgan fingerprint density at radius 3 is 2.56 bits per heavy atom. The minimum absolute atomic E-state index is 0.343. The fourth-order valence-electron chi connectivity index (χ4n) is 0.971. The lowest BCUT2D eigenvalue weighted by Gasteiger charge is -2.18.